The van der Waals surface area contributed by atoms with Crippen molar-refractivity contribution in [2.45, 2.75) is 25.7 Å². The normalized spacial score (nSPS) is 13.3. The molecule has 0 saturated carbocycles. The lowest BCUT2D eigenvalue weighted by Gasteiger charge is -2.16. The van der Waals surface area contributed by atoms with Gasteiger partial charge in [0.15, 0.2) is 5.69 Å². The molecule has 5 heteroatoms. The van der Waals surface area contributed by atoms with Gasteiger partial charge >= 0.3 is 0 Å². The van der Waals surface area contributed by atoms with Crippen molar-refractivity contribution in [2.24, 2.45) is 0 Å². The summed E-state index contributed by atoms with van der Waals surface area (Å²) >= 11 is 0. The molecule has 0 spiro atoms. The first-order valence-electron chi connectivity index (χ1n) is 8.12. The number of carbonyl (C=O) groups excluding carboxylic acids is 1. The first kappa shape index (κ1) is 14.6. The Labute approximate surface area is 139 Å². The fraction of sp³-hybridized carbons (Fsp3) is 0.211. The van der Waals surface area contributed by atoms with Crippen LogP contribution in [0.25, 0.3) is 11.3 Å². The molecule has 5 nitrogen and oxygen atoms in total. The van der Waals surface area contributed by atoms with Crippen molar-refractivity contribution >= 4 is 11.7 Å². The summed E-state index contributed by atoms with van der Waals surface area (Å²) in [7, 11) is 0. The van der Waals surface area contributed by atoms with Crippen molar-refractivity contribution in [1.29, 1.82) is 0 Å². The highest BCUT2D eigenvalue weighted by Gasteiger charge is 2.18. The molecule has 0 bridgehead atoms. The highest BCUT2D eigenvalue weighted by molar-refractivity contribution is 6.05. The third-order valence-electron chi connectivity index (χ3n) is 4.38. The minimum Gasteiger partial charge on any atom is -0.302 e. The summed E-state index contributed by atoms with van der Waals surface area (Å²) in [6, 6.07) is 15.3. The summed E-state index contributed by atoms with van der Waals surface area (Å²) in [5.74, 6) is 0.116. The maximum Gasteiger partial charge on any atom is 0.256 e. The fourth-order valence-electron chi connectivity index (χ4n) is 3.11. The minimum absolute atomic E-state index is 0.231. The predicted molar refractivity (Wildman–Crippen MR) is 90.8 cm³/mol. The number of aryl methyl sites for hydroxylation is 2. The molecule has 0 atom stereocenters. The van der Waals surface area contributed by atoms with Gasteiger partial charge in [-0.2, -0.15) is 0 Å². The highest BCUT2D eigenvalue weighted by Crippen LogP contribution is 2.29. The number of amides is 1. The summed E-state index contributed by atoms with van der Waals surface area (Å²) in [6.07, 6.45) is 4.67. The first-order chi connectivity index (χ1) is 11.8. The number of nitrogens with zero attached hydrogens (tertiary/aromatic N) is 2. The van der Waals surface area contributed by atoms with Crippen molar-refractivity contribution in [3.05, 3.63) is 65.2 Å². The van der Waals surface area contributed by atoms with E-state index in [2.05, 4.69) is 27.8 Å². The van der Waals surface area contributed by atoms with Gasteiger partial charge in [-0.25, -0.2) is 4.63 Å². The zero-order valence-corrected chi connectivity index (χ0v) is 13.2. The topological polar surface area (TPSA) is 68.0 Å². The van der Waals surface area contributed by atoms with Gasteiger partial charge in [0, 0.05) is 11.1 Å². The SMILES string of the molecule is O=C(Nc1nonc1-c1ccc2c(c1)CCCC2)c1ccccc1. The van der Waals surface area contributed by atoms with E-state index in [-0.39, 0.29) is 5.91 Å². The Bertz CT molecular complexity index is 871. The maximum absolute atomic E-state index is 12.3. The third-order valence-corrected chi connectivity index (χ3v) is 4.38. The van der Waals surface area contributed by atoms with Crippen LogP contribution in [0.3, 0.4) is 0 Å². The van der Waals surface area contributed by atoms with E-state index in [1.807, 2.05) is 24.3 Å². The molecule has 0 radical (unpaired) electrons. The van der Waals surface area contributed by atoms with Crippen LogP contribution in [0.2, 0.25) is 0 Å². The molecule has 0 aliphatic heterocycles. The van der Waals surface area contributed by atoms with Crippen molar-refractivity contribution in [1.82, 2.24) is 10.3 Å². The number of fused-ring (bicyclic) bond motifs is 1. The molecule has 0 saturated heterocycles. The van der Waals surface area contributed by atoms with Crippen molar-refractivity contribution in [3.8, 4) is 11.3 Å². The van der Waals surface area contributed by atoms with Crippen molar-refractivity contribution in [2.75, 3.05) is 5.32 Å². The van der Waals surface area contributed by atoms with Gasteiger partial charge in [-0.15, -0.1) is 0 Å². The number of benzene rings is 2. The van der Waals surface area contributed by atoms with E-state index in [9.17, 15) is 4.79 Å². The molecule has 2 aromatic carbocycles. The quantitative estimate of drug-likeness (QED) is 0.796. The van der Waals surface area contributed by atoms with E-state index in [0.717, 1.165) is 18.4 Å². The Balaban J connectivity index is 1.62. The standard InChI is InChI=1S/C19H17N3O2/c23-19(14-7-2-1-3-8-14)20-18-17(21-24-22-18)16-11-10-13-6-4-5-9-15(13)12-16/h1-3,7-8,10-12H,4-6,9H2,(H,20,22,23). The molecule has 120 valence electrons. The van der Waals surface area contributed by atoms with E-state index in [4.69, 9.17) is 4.63 Å². The van der Waals surface area contributed by atoms with Gasteiger partial charge in [0.25, 0.3) is 5.91 Å². The number of aromatic nitrogens is 2. The average molecular weight is 319 g/mol. The Morgan fingerprint density at radius 1 is 0.958 bits per heavy atom. The Hall–Kier alpha value is -2.95. The molecule has 1 aliphatic carbocycles. The molecule has 3 aromatic rings. The molecule has 1 aromatic heterocycles. The average Bonchev–Trinajstić information content (AvgIpc) is 3.10. The van der Waals surface area contributed by atoms with Gasteiger partial charge in [0.1, 0.15) is 0 Å². The number of nitrogens with one attached hydrogen (secondary N) is 1. The van der Waals surface area contributed by atoms with Crippen LogP contribution in [0.5, 0.6) is 0 Å². The van der Waals surface area contributed by atoms with Crippen LogP contribution in [-0.2, 0) is 12.8 Å². The van der Waals surface area contributed by atoms with Gasteiger partial charge in [-0.05, 0) is 65.3 Å². The molecule has 24 heavy (non-hydrogen) atoms. The largest absolute Gasteiger partial charge is 0.302 e. The van der Waals surface area contributed by atoms with Crippen LogP contribution >= 0.6 is 0 Å². The zero-order chi connectivity index (χ0) is 16.4. The third kappa shape index (κ3) is 2.80. The lowest BCUT2D eigenvalue weighted by molar-refractivity contribution is 0.102. The highest BCUT2D eigenvalue weighted by atomic mass is 16.6. The first-order valence-corrected chi connectivity index (χ1v) is 8.12. The zero-order valence-electron chi connectivity index (χ0n) is 13.2. The lowest BCUT2D eigenvalue weighted by atomic mass is 9.90. The summed E-state index contributed by atoms with van der Waals surface area (Å²) in [6.45, 7) is 0. The molecular weight excluding hydrogens is 302 g/mol. The monoisotopic (exact) mass is 319 g/mol. The Morgan fingerprint density at radius 3 is 2.58 bits per heavy atom. The van der Waals surface area contributed by atoms with Gasteiger partial charge in [-0.3, -0.25) is 4.79 Å². The van der Waals surface area contributed by atoms with Crippen LogP contribution in [0, 0.1) is 0 Å². The molecule has 0 fully saturated rings. The molecular formula is C19H17N3O2. The molecule has 1 heterocycles. The molecule has 4 rings (SSSR count). The van der Waals surface area contributed by atoms with Gasteiger partial charge < -0.3 is 5.32 Å². The maximum atomic E-state index is 12.3. The van der Waals surface area contributed by atoms with Gasteiger partial charge in [-0.1, -0.05) is 30.3 Å². The molecule has 1 N–H and O–H groups in total. The number of anilines is 1. The van der Waals surface area contributed by atoms with E-state index >= 15 is 0 Å². The molecule has 0 unspecified atom stereocenters. The number of hydrogen-bond acceptors (Lipinski definition) is 4. The van der Waals surface area contributed by atoms with Crippen LogP contribution in [0.15, 0.2) is 53.2 Å². The predicted octanol–water partition coefficient (Wildman–Crippen LogP) is 3.87. The number of hydrogen-bond donors (Lipinski definition) is 1. The summed E-state index contributed by atoms with van der Waals surface area (Å²) in [5.41, 5.74) is 4.79. The van der Waals surface area contributed by atoms with Gasteiger partial charge in [0.05, 0.1) is 0 Å². The Kier molecular flexibility index (Phi) is 3.83. The van der Waals surface area contributed by atoms with Crippen LogP contribution in [0.4, 0.5) is 5.82 Å². The van der Waals surface area contributed by atoms with Crippen molar-refractivity contribution in [3.63, 3.8) is 0 Å². The molecule has 1 aliphatic rings. The number of carbonyl (C=O) groups is 1. The second kappa shape index (κ2) is 6.28. The van der Waals surface area contributed by atoms with Crippen LogP contribution in [-0.4, -0.2) is 16.2 Å². The van der Waals surface area contributed by atoms with E-state index < -0.39 is 0 Å². The lowest BCUT2D eigenvalue weighted by Crippen LogP contribution is -2.12. The van der Waals surface area contributed by atoms with Crippen LogP contribution < -0.4 is 5.32 Å². The summed E-state index contributed by atoms with van der Waals surface area (Å²) in [5, 5.41) is 10.6. The van der Waals surface area contributed by atoms with Crippen molar-refractivity contribution < 1.29 is 9.42 Å². The summed E-state index contributed by atoms with van der Waals surface area (Å²) in [4.78, 5) is 12.3. The second-order valence-electron chi connectivity index (χ2n) is 5.97. The summed E-state index contributed by atoms with van der Waals surface area (Å²) < 4.78 is 4.87. The van der Waals surface area contributed by atoms with Crippen LogP contribution in [0.1, 0.15) is 34.3 Å². The van der Waals surface area contributed by atoms with Gasteiger partial charge in [0.2, 0.25) is 5.82 Å². The smallest absolute Gasteiger partial charge is 0.256 e. The Morgan fingerprint density at radius 2 is 1.75 bits per heavy atom. The molecule has 1 amide bonds. The fourth-order valence-corrected chi connectivity index (χ4v) is 3.11. The van der Waals surface area contributed by atoms with E-state index in [0.29, 0.717) is 17.1 Å². The van der Waals surface area contributed by atoms with E-state index in [1.54, 1.807) is 12.1 Å². The minimum atomic E-state index is -0.231. The van der Waals surface area contributed by atoms with E-state index in [1.165, 1.54) is 24.0 Å². The second-order valence-corrected chi connectivity index (χ2v) is 5.97. The number of rotatable bonds is 3.